The lowest BCUT2D eigenvalue weighted by Gasteiger charge is -2.05. The fourth-order valence-corrected chi connectivity index (χ4v) is 3.23. The number of hydrogen-bond acceptors (Lipinski definition) is 2. The molecule has 0 saturated carbocycles. The van der Waals surface area contributed by atoms with Crippen molar-refractivity contribution in [3.05, 3.63) is 83.9 Å². The first-order chi connectivity index (χ1) is 9.83. The van der Waals surface area contributed by atoms with Crippen LogP contribution in [0.2, 0.25) is 0 Å². The van der Waals surface area contributed by atoms with E-state index in [4.69, 9.17) is 12.2 Å². The molecule has 0 fully saturated rings. The van der Waals surface area contributed by atoms with Crippen LogP contribution in [0.25, 0.3) is 10.8 Å². The zero-order valence-electron chi connectivity index (χ0n) is 11.0. The van der Waals surface area contributed by atoms with E-state index in [1.807, 2.05) is 18.2 Å². The lowest BCUT2D eigenvalue weighted by molar-refractivity contribution is 1.45. The Morgan fingerprint density at radius 3 is 2.30 bits per heavy atom. The van der Waals surface area contributed by atoms with Crippen LogP contribution in [0, 0.1) is 0 Å². The molecule has 0 heterocycles. The molecule has 0 spiro atoms. The molecule has 0 unspecified atom stereocenters. The highest BCUT2D eigenvalue weighted by Gasteiger charge is 2.02. The molecule has 3 aromatic carbocycles. The van der Waals surface area contributed by atoms with Gasteiger partial charge in [-0.25, -0.2) is 0 Å². The third-order valence-corrected chi connectivity index (χ3v) is 4.76. The van der Waals surface area contributed by atoms with E-state index in [2.05, 4.69) is 54.6 Å². The van der Waals surface area contributed by atoms with Gasteiger partial charge in [-0.15, -0.1) is 11.8 Å². The lowest BCUT2D eigenvalue weighted by atomic mass is 10.1. The predicted octanol–water partition coefficient (Wildman–Crippen LogP) is 5.45. The third kappa shape index (κ3) is 3.09. The molecule has 20 heavy (non-hydrogen) atoms. The van der Waals surface area contributed by atoms with Gasteiger partial charge in [0.1, 0.15) is 0 Å². The summed E-state index contributed by atoms with van der Waals surface area (Å²) in [7, 11) is 0. The number of rotatable bonds is 3. The van der Waals surface area contributed by atoms with Crippen LogP contribution < -0.4 is 0 Å². The summed E-state index contributed by atoms with van der Waals surface area (Å²) in [5, 5.41) is 2.57. The van der Waals surface area contributed by atoms with Gasteiger partial charge in [0, 0.05) is 5.75 Å². The van der Waals surface area contributed by atoms with Gasteiger partial charge in [-0.3, -0.25) is 0 Å². The Hall–Kier alpha value is -1.64. The smallest absolute Gasteiger partial charge is 0.0781 e. The number of thioether (sulfide) groups is 1. The van der Waals surface area contributed by atoms with Gasteiger partial charge in [-0.05, 0) is 21.9 Å². The van der Waals surface area contributed by atoms with E-state index in [0.29, 0.717) is 0 Å². The zero-order valence-corrected chi connectivity index (χ0v) is 12.6. The molecule has 0 N–H and O–H groups in total. The van der Waals surface area contributed by atoms with Gasteiger partial charge in [0.15, 0.2) is 0 Å². The Morgan fingerprint density at radius 2 is 1.50 bits per heavy atom. The molecular weight excluding hydrogens is 280 g/mol. The molecule has 0 radical (unpaired) electrons. The van der Waals surface area contributed by atoms with Crippen LogP contribution in [-0.2, 0) is 5.75 Å². The van der Waals surface area contributed by atoms with Gasteiger partial charge in [0.2, 0.25) is 0 Å². The van der Waals surface area contributed by atoms with E-state index in [0.717, 1.165) is 15.5 Å². The fourth-order valence-electron chi connectivity index (χ4n) is 2.14. The van der Waals surface area contributed by atoms with Crippen molar-refractivity contribution < 1.29 is 0 Å². The van der Waals surface area contributed by atoms with Crippen LogP contribution in [0.5, 0.6) is 0 Å². The van der Waals surface area contributed by atoms with E-state index >= 15 is 0 Å². The topological polar surface area (TPSA) is 0 Å². The minimum Gasteiger partial charge on any atom is -0.109 e. The summed E-state index contributed by atoms with van der Waals surface area (Å²) in [6.45, 7) is 0. The monoisotopic (exact) mass is 294 g/mol. The van der Waals surface area contributed by atoms with Crippen molar-refractivity contribution in [2.45, 2.75) is 5.75 Å². The van der Waals surface area contributed by atoms with Crippen molar-refractivity contribution in [3.8, 4) is 0 Å². The molecule has 98 valence electrons. The molecule has 0 saturated heterocycles. The Morgan fingerprint density at radius 1 is 0.800 bits per heavy atom. The molecule has 0 aliphatic rings. The summed E-state index contributed by atoms with van der Waals surface area (Å²) in [6.07, 6.45) is 0. The molecule has 0 aromatic heterocycles. The van der Waals surface area contributed by atoms with Gasteiger partial charge in [0.05, 0.1) is 4.20 Å². The maximum absolute atomic E-state index is 5.48. The Kier molecular flexibility index (Phi) is 4.14. The van der Waals surface area contributed by atoms with Crippen molar-refractivity contribution in [3.63, 3.8) is 0 Å². The molecule has 3 aromatic rings. The van der Waals surface area contributed by atoms with E-state index in [1.54, 1.807) is 11.8 Å². The SMILES string of the molecule is S=C(SCc1ccc2ccccc2c1)c1ccccc1. The van der Waals surface area contributed by atoms with Crippen LogP contribution in [0.1, 0.15) is 11.1 Å². The first kappa shape index (κ1) is 13.3. The van der Waals surface area contributed by atoms with Crippen molar-refractivity contribution in [2.75, 3.05) is 0 Å². The Labute approximate surface area is 128 Å². The van der Waals surface area contributed by atoms with Gasteiger partial charge >= 0.3 is 0 Å². The number of benzene rings is 3. The quantitative estimate of drug-likeness (QED) is 0.589. The highest BCUT2D eigenvalue weighted by Crippen LogP contribution is 2.22. The second-order valence-electron chi connectivity index (χ2n) is 4.62. The van der Waals surface area contributed by atoms with Crippen molar-refractivity contribution in [1.29, 1.82) is 0 Å². The minimum absolute atomic E-state index is 0.915. The molecule has 0 aliphatic heterocycles. The number of fused-ring (bicyclic) bond motifs is 1. The summed E-state index contributed by atoms with van der Waals surface area (Å²) < 4.78 is 0.957. The first-order valence-corrected chi connectivity index (χ1v) is 7.92. The normalized spacial score (nSPS) is 10.6. The van der Waals surface area contributed by atoms with E-state index in [-0.39, 0.29) is 0 Å². The van der Waals surface area contributed by atoms with Crippen LogP contribution in [0.4, 0.5) is 0 Å². The molecule has 0 bridgehead atoms. The van der Waals surface area contributed by atoms with Gasteiger partial charge < -0.3 is 0 Å². The van der Waals surface area contributed by atoms with Crippen LogP contribution in [0.3, 0.4) is 0 Å². The Balaban J connectivity index is 1.72. The molecule has 0 aliphatic carbocycles. The first-order valence-electron chi connectivity index (χ1n) is 6.53. The van der Waals surface area contributed by atoms with Crippen LogP contribution >= 0.6 is 24.0 Å². The average Bonchev–Trinajstić information content (AvgIpc) is 2.53. The highest BCUT2D eigenvalue weighted by molar-refractivity contribution is 8.23. The van der Waals surface area contributed by atoms with Crippen molar-refractivity contribution >= 4 is 38.9 Å². The highest BCUT2D eigenvalue weighted by atomic mass is 32.2. The number of hydrogen-bond donors (Lipinski definition) is 0. The standard InChI is InChI=1S/C18H14S2/c19-18(16-7-2-1-3-8-16)20-13-14-10-11-15-6-4-5-9-17(15)12-14/h1-12H,13H2. The summed E-state index contributed by atoms with van der Waals surface area (Å²) in [4.78, 5) is 0. The predicted molar refractivity (Wildman–Crippen MR) is 93.4 cm³/mol. The molecule has 3 rings (SSSR count). The molecule has 0 nitrogen and oxygen atoms in total. The molecule has 0 atom stereocenters. The van der Waals surface area contributed by atoms with Crippen LogP contribution in [-0.4, -0.2) is 4.20 Å². The Bertz CT molecular complexity index is 733. The largest absolute Gasteiger partial charge is 0.109 e. The van der Waals surface area contributed by atoms with Gasteiger partial charge in [0.25, 0.3) is 0 Å². The maximum Gasteiger partial charge on any atom is 0.0781 e. The van der Waals surface area contributed by atoms with Crippen LogP contribution in [0.15, 0.2) is 72.8 Å². The fraction of sp³-hybridized carbons (Fsp3) is 0.0556. The van der Waals surface area contributed by atoms with E-state index in [1.165, 1.54) is 16.3 Å². The third-order valence-electron chi connectivity index (χ3n) is 3.19. The lowest BCUT2D eigenvalue weighted by Crippen LogP contribution is -1.92. The van der Waals surface area contributed by atoms with Gasteiger partial charge in [-0.2, -0.15) is 0 Å². The summed E-state index contributed by atoms with van der Waals surface area (Å²) in [5.74, 6) is 0.915. The minimum atomic E-state index is 0.915. The maximum atomic E-state index is 5.48. The second-order valence-corrected chi connectivity index (χ2v) is 6.28. The summed E-state index contributed by atoms with van der Waals surface area (Å²) >= 11 is 7.20. The molecule has 0 amide bonds. The zero-order chi connectivity index (χ0) is 13.8. The van der Waals surface area contributed by atoms with Crippen molar-refractivity contribution in [2.24, 2.45) is 0 Å². The van der Waals surface area contributed by atoms with E-state index < -0.39 is 0 Å². The number of thiocarbonyl (C=S) groups is 1. The second kappa shape index (κ2) is 6.21. The van der Waals surface area contributed by atoms with Crippen molar-refractivity contribution in [1.82, 2.24) is 0 Å². The van der Waals surface area contributed by atoms with E-state index in [9.17, 15) is 0 Å². The van der Waals surface area contributed by atoms with Gasteiger partial charge in [-0.1, -0.05) is 85.0 Å². The average molecular weight is 294 g/mol. The molecular formula is C18H14S2. The summed E-state index contributed by atoms with van der Waals surface area (Å²) in [5.41, 5.74) is 2.44. The summed E-state index contributed by atoms with van der Waals surface area (Å²) in [6, 6.07) is 25.2. The molecule has 2 heteroatoms.